The summed E-state index contributed by atoms with van der Waals surface area (Å²) in [7, 11) is 0. The summed E-state index contributed by atoms with van der Waals surface area (Å²) in [5.74, 6) is 0.814. The van der Waals surface area contributed by atoms with Crippen molar-refractivity contribution in [3.05, 3.63) is 228 Å². The number of nitrogens with one attached hydrogen (secondary N) is 1. The minimum Gasteiger partial charge on any atom is -0.397 e. The number of benzene rings is 7. The number of thiazole rings is 4. The number of aldehydes is 1. The maximum atomic E-state index is 14.2. The average Bonchev–Trinajstić information content (AvgIpc) is 1.59. The lowest BCUT2D eigenvalue weighted by Gasteiger charge is -2.11. The standard InChI is InChI=1S/C20H17N7S.C19H13FN4S.C12H11N3S.C8H12N2.C7H3F2N.C4H3NOS/c1-10-7-15-16(8-11(10)2)27(18(24-15)19-23-5-6-28-19)12-3-4-13-14(9-12)25-20(22)26-17(13)21;1-11-7-16-17(8-12(11)2)24(18(23-16)19-22-5-6-25-19)14-4-3-13(10-21)15(20)9-14;1-7-5-9-10(6-8(7)2)15-11(14-9)12-13-3-4-16-12;1-5-3-7(9)8(10)4-6(5)2;8-6-2-1-5(4-10)7(9)3-6;6-3-4-5-1-2-7-4/h3-9H,1-2H3,(H4,21,22,25,26);3-9H,1-2H3;3-6H,1-2H3,(H,14,15);3-4H,9-10H2,1-2H3;1-3H;1-3H. The third-order valence-corrected chi connectivity index (χ3v) is 18.2. The minimum atomic E-state index is -0.817. The number of aryl methyl sites for hydroxylation is 8. The topological polar surface area (TPSA) is 310 Å². The average molecular weight is 1350 g/mol. The molecule has 9 N–H and O–H groups in total. The van der Waals surface area contributed by atoms with Crippen LogP contribution in [0.4, 0.5) is 36.3 Å². The van der Waals surface area contributed by atoms with Crippen molar-refractivity contribution in [1.29, 1.82) is 10.5 Å². The molecule has 15 aromatic rings. The van der Waals surface area contributed by atoms with Gasteiger partial charge in [0, 0.05) is 63.4 Å². The maximum Gasteiger partial charge on any atom is 0.222 e. The molecule has 8 aromatic heterocycles. The van der Waals surface area contributed by atoms with Crippen LogP contribution in [0.5, 0.6) is 0 Å². The summed E-state index contributed by atoms with van der Waals surface area (Å²) in [4.78, 5) is 52.4. The number of imidazole rings is 3. The van der Waals surface area contributed by atoms with E-state index in [9.17, 15) is 18.0 Å². The van der Waals surface area contributed by atoms with Gasteiger partial charge in [0.15, 0.2) is 43.8 Å². The fourth-order valence-corrected chi connectivity index (χ4v) is 11.9. The Labute approximate surface area is 564 Å². The van der Waals surface area contributed by atoms with Crippen LogP contribution < -0.4 is 22.9 Å². The zero-order valence-corrected chi connectivity index (χ0v) is 56.1. The van der Waals surface area contributed by atoms with Gasteiger partial charge in [-0.25, -0.2) is 53.0 Å². The van der Waals surface area contributed by atoms with Gasteiger partial charge in [0.25, 0.3) is 0 Å². The molecule has 0 atom stereocenters. The number of rotatable bonds is 6. The van der Waals surface area contributed by atoms with Crippen molar-refractivity contribution in [2.75, 3.05) is 22.9 Å². The largest absolute Gasteiger partial charge is 0.397 e. The number of aromatic amines is 1. The van der Waals surface area contributed by atoms with E-state index in [4.69, 9.17) is 43.4 Å². The third kappa shape index (κ3) is 15.2. The van der Waals surface area contributed by atoms with Crippen molar-refractivity contribution in [1.82, 2.24) is 59.0 Å². The van der Waals surface area contributed by atoms with Crippen LogP contribution in [0.15, 0.2) is 149 Å². The predicted molar refractivity (Wildman–Crippen MR) is 380 cm³/mol. The number of carbonyl (C=O) groups excluding carboxylic acids is 1. The van der Waals surface area contributed by atoms with E-state index in [1.807, 2.05) is 96.9 Å². The van der Waals surface area contributed by atoms with Gasteiger partial charge in [0.05, 0.1) is 66.8 Å². The van der Waals surface area contributed by atoms with Crippen LogP contribution in [0.1, 0.15) is 65.4 Å². The zero-order chi connectivity index (χ0) is 68.5. The number of halogens is 3. The van der Waals surface area contributed by atoms with E-state index in [0.29, 0.717) is 45.3 Å². The molecule has 480 valence electrons. The summed E-state index contributed by atoms with van der Waals surface area (Å²) in [6.07, 6.45) is 7.65. The molecule has 0 bridgehead atoms. The van der Waals surface area contributed by atoms with Gasteiger partial charge in [0.2, 0.25) is 5.95 Å². The van der Waals surface area contributed by atoms with Gasteiger partial charge in [-0.3, -0.25) is 13.9 Å². The molecule has 26 heteroatoms. The van der Waals surface area contributed by atoms with Crippen LogP contribution in [0.25, 0.3) is 87.9 Å². The first-order valence-electron chi connectivity index (χ1n) is 29.1. The zero-order valence-electron chi connectivity index (χ0n) is 52.8. The normalized spacial score (nSPS) is 10.6. The Morgan fingerprint density at radius 2 is 0.927 bits per heavy atom. The lowest BCUT2D eigenvalue weighted by Crippen LogP contribution is -2.02. The summed E-state index contributed by atoms with van der Waals surface area (Å²) in [5, 5.41) is 28.6. The van der Waals surface area contributed by atoms with Gasteiger partial charge in [-0.15, -0.1) is 45.3 Å². The molecule has 0 aliphatic heterocycles. The molecular formula is C70H59F3N18OS4. The SMILES string of the molecule is Cc1cc(N)c(N)cc1C.Cc1cc2nc(-c3nccs3)[nH]c2cc1C.Cc1cc2nc(-c3nccs3)n(-c3ccc(C#N)c(F)c3)c2cc1C.Cc1cc2nc(-c3nccs3)n(-c3ccc4c(N)nc(N)nc4c3)c2cc1C.N#Cc1ccc(F)cc1F.O=Cc1nccs1. The van der Waals surface area contributed by atoms with E-state index in [-0.39, 0.29) is 17.1 Å². The first kappa shape index (κ1) is 67.3. The number of carbonyl (C=O) groups is 1. The number of aromatic nitrogens is 12. The Morgan fingerprint density at radius 3 is 1.41 bits per heavy atom. The molecule has 0 aliphatic rings. The van der Waals surface area contributed by atoms with E-state index in [1.54, 1.807) is 65.0 Å². The fraction of sp³-hybridized carbons (Fsp3) is 0.114. The second-order valence-corrected chi connectivity index (χ2v) is 25.3. The molecule has 19 nitrogen and oxygen atoms in total. The Balaban J connectivity index is 0.000000134. The Bertz CT molecular complexity index is 5290. The molecule has 8 heterocycles. The van der Waals surface area contributed by atoms with Crippen molar-refractivity contribution >= 4 is 119 Å². The van der Waals surface area contributed by atoms with Crippen molar-refractivity contribution < 1.29 is 18.0 Å². The lowest BCUT2D eigenvalue weighted by atomic mass is 10.1. The van der Waals surface area contributed by atoms with E-state index >= 15 is 0 Å². The molecule has 0 spiro atoms. The fourth-order valence-electron chi connectivity index (χ4n) is 9.62. The highest BCUT2D eigenvalue weighted by Crippen LogP contribution is 2.35. The highest BCUT2D eigenvalue weighted by Gasteiger charge is 2.21. The molecule has 96 heavy (non-hydrogen) atoms. The first-order valence-corrected chi connectivity index (χ1v) is 32.6. The number of fused-ring (bicyclic) bond motifs is 4. The highest BCUT2D eigenvalue weighted by atomic mass is 32.1. The number of hydrogen-bond acceptors (Lipinski definition) is 20. The summed E-state index contributed by atoms with van der Waals surface area (Å²) in [6, 6.07) is 33.1. The van der Waals surface area contributed by atoms with E-state index in [1.165, 1.54) is 68.2 Å². The summed E-state index contributed by atoms with van der Waals surface area (Å²) >= 11 is 5.98. The quantitative estimate of drug-likeness (QED) is 0.0763. The summed E-state index contributed by atoms with van der Waals surface area (Å²) in [5.41, 5.74) is 41.7. The van der Waals surface area contributed by atoms with E-state index in [0.717, 1.165) is 100 Å². The van der Waals surface area contributed by atoms with Crippen molar-refractivity contribution in [2.45, 2.75) is 55.4 Å². The van der Waals surface area contributed by atoms with E-state index in [2.05, 4.69) is 96.4 Å². The Morgan fingerprint density at radius 1 is 0.469 bits per heavy atom. The number of nitrogen functional groups attached to an aromatic ring is 4. The lowest BCUT2D eigenvalue weighted by molar-refractivity contribution is 0.112. The second kappa shape index (κ2) is 29.6. The number of nitrogens with zero attached hydrogens (tertiary/aromatic N) is 13. The Hall–Kier alpha value is -11.6. The van der Waals surface area contributed by atoms with Crippen molar-refractivity contribution in [2.24, 2.45) is 0 Å². The molecule has 0 saturated heterocycles. The van der Waals surface area contributed by atoms with Crippen LogP contribution >= 0.6 is 45.3 Å². The highest BCUT2D eigenvalue weighted by molar-refractivity contribution is 7.13. The molecule has 0 fully saturated rings. The van der Waals surface area contributed by atoms with Gasteiger partial charge in [-0.2, -0.15) is 15.5 Å². The number of hydrogen-bond donors (Lipinski definition) is 5. The number of H-pyrrole nitrogens is 1. The molecule has 0 saturated carbocycles. The monoisotopic (exact) mass is 1350 g/mol. The van der Waals surface area contributed by atoms with Crippen LogP contribution in [0, 0.1) is 95.5 Å². The molecule has 0 amide bonds. The molecule has 0 aliphatic carbocycles. The molecule has 15 rings (SSSR count). The predicted octanol–water partition coefficient (Wildman–Crippen LogP) is 16.2. The van der Waals surface area contributed by atoms with Crippen LogP contribution in [-0.4, -0.2) is 65.3 Å². The van der Waals surface area contributed by atoms with Crippen molar-refractivity contribution in [3.8, 4) is 56.0 Å². The van der Waals surface area contributed by atoms with Crippen LogP contribution in [0.3, 0.4) is 0 Å². The minimum absolute atomic E-state index is 0.0241. The van der Waals surface area contributed by atoms with Gasteiger partial charge < -0.3 is 27.9 Å². The maximum absolute atomic E-state index is 14.2. The van der Waals surface area contributed by atoms with Gasteiger partial charge >= 0.3 is 0 Å². The number of nitriles is 2. The third-order valence-electron chi connectivity index (χ3n) is 15.1. The summed E-state index contributed by atoms with van der Waals surface area (Å²) in [6.45, 7) is 16.5. The Kier molecular flexibility index (Phi) is 20.8. The van der Waals surface area contributed by atoms with Crippen molar-refractivity contribution in [3.63, 3.8) is 0 Å². The first-order chi connectivity index (χ1) is 46.1. The van der Waals surface area contributed by atoms with Crippen LogP contribution in [0.2, 0.25) is 0 Å². The smallest absolute Gasteiger partial charge is 0.222 e. The molecule has 7 aromatic carbocycles. The number of anilines is 4. The molecule has 0 unspecified atom stereocenters. The van der Waals surface area contributed by atoms with E-state index < -0.39 is 17.5 Å². The number of nitrogens with two attached hydrogens (primary N) is 4. The van der Waals surface area contributed by atoms with Gasteiger partial charge in [-0.05, 0) is 197 Å². The van der Waals surface area contributed by atoms with Crippen LogP contribution in [-0.2, 0) is 0 Å². The van der Waals surface area contributed by atoms with Gasteiger partial charge in [0.1, 0.15) is 35.4 Å². The summed E-state index contributed by atoms with van der Waals surface area (Å²) < 4.78 is 42.7. The van der Waals surface area contributed by atoms with Gasteiger partial charge in [-0.1, -0.05) is 0 Å². The molecular weight excluding hydrogens is 1290 g/mol. The second-order valence-electron chi connectivity index (χ2n) is 21.7. The molecule has 0 radical (unpaired) electrons.